The van der Waals surface area contributed by atoms with E-state index in [4.69, 9.17) is 4.42 Å². The van der Waals surface area contributed by atoms with Gasteiger partial charge in [-0.15, -0.1) is 0 Å². The third-order valence-corrected chi connectivity index (χ3v) is 4.25. The highest BCUT2D eigenvalue weighted by Gasteiger charge is 2.27. The zero-order valence-corrected chi connectivity index (χ0v) is 16.5. The van der Waals surface area contributed by atoms with E-state index >= 15 is 0 Å². The largest absolute Gasteiger partial charge is 0.466 e. The van der Waals surface area contributed by atoms with E-state index in [2.05, 4.69) is 20.3 Å². The fraction of sp³-hybridized carbons (Fsp3) is 0.688. The predicted octanol–water partition coefficient (Wildman–Crippen LogP) is 0.598. The van der Waals surface area contributed by atoms with Crippen LogP contribution < -0.4 is 15.4 Å². The summed E-state index contributed by atoms with van der Waals surface area (Å²) in [5.74, 6) is 2.00. The van der Waals surface area contributed by atoms with Gasteiger partial charge in [0.05, 0.1) is 12.8 Å². The Kier molecular flexibility index (Phi) is 7.91. The molecule has 0 saturated carbocycles. The second kappa shape index (κ2) is 9.21. The molecule has 0 amide bonds. The molecule has 0 fully saturated rings. The van der Waals surface area contributed by atoms with Crippen molar-refractivity contribution in [3.63, 3.8) is 0 Å². The third-order valence-electron chi connectivity index (χ3n) is 3.52. The van der Waals surface area contributed by atoms with Crippen LogP contribution in [0.3, 0.4) is 0 Å². The molecule has 0 aliphatic carbocycles. The predicted molar refractivity (Wildman–Crippen MR) is 99.2 cm³/mol. The Balaban J connectivity index is 2.61. The molecule has 9 heteroatoms. The minimum Gasteiger partial charge on any atom is -0.466 e. The van der Waals surface area contributed by atoms with Gasteiger partial charge >= 0.3 is 0 Å². The summed E-state index contributed by atoms with van der Waals surface area (Å²) >= 11 is 0. The van der Waals surface area contributed by atoms with Gasteiger partial charge in [0.15, 0.2) is 5.96 Å². The van der Waals surface area contributed by atoms with Crippen molar-refractivity contribution in [2.75, 3.05) is 32.4 Å². The number of guanidine groups is 1. The molecule has 1 aromatic rings. The lowest BCUT2D eigenvalue weighted by molar-refractivity contribution is 0.0657. The van der Waals surface area contributed by atoms with Gasteiger partial charge in [-0.2, -0.15) is 0 Å². The van der Waals surface area contributed by atoms with Crippen molar-refractivity contribution in [3.8, 4) is 0 Å². The summed E-state index contributed by atoms with van der Waals surface area (Å²) in [4.78, 5) is 4.42. The van der Waals surface area contributed by atoms with E-state index in [9.17, 15) is 13.5 Å². The summed E-state index contributed by atoms with van der Waals surface area (Å²) in [6.07, 6.45) is 1.75. The number of sulfonamides is 1. The molecular formula is C16H30N4O4S. The number of rotatable bonds is 9. The van der Waals surface area contributed by atoms with Gasteiger partial charge in [-0.05, 0) is 40.2 Å². The molecule has 0 aliphatic heterocycles. The summed E-state index contributed by atoms with van der Waals surface area (Å²) in [7, 11) is -3.16. The van der Waals surface area contributed by atoms with Gasteiger partial charge in [0.1, 0.15) is 17.1 Å². The topological polar surface area (TPSA) is 116 Å². The molecule has 0 bridgehead atoms. The number of hydrogen-bond acceptors (Lipinski definition) is 5. The standard InChI is InChI=1S/C16H30N4O4S/c1-6-17-15(18-8-7-9-20-25(5,22)23)19-11-16(4,21)14-10-12(2)24-13(14)3/h10,20-21H,6-9,11H2,1-5H3,(H2,17,18,19). The van der Waals surface area contributed by atoms with Crippen LogP contribution in [-0.2, 0) is 15.6 Å². The summed E-state index contributed by atoms with van der Waals surface area (Å²) in [6.45, 7) is 9.07. The maximum absolute atomic E-state index is 11.0. The molecule has 4 N–H and O–H groups in total. The highest BCUT2D eigenvalue weighted by molar-refractivity contribution is 7.88. The van der Waals surface area contributed by atoms with E-state index in [0.717, 1.165) is 17.6 Å². The third kappa shape index (κ3) is 7.89. The Morgan fingerprint density at radius 1 is 1.32 bits per heavy atom. The SMILES string of the molecule is CCNC(=NCC(C)(O)c1cc(C)oc1C)NCCCNS(C)(=O)=O. The molecule has 1 heterocycles. The molecule has 1 rings (SSSR count). The van der Waals surface area contributed by atoms with Crippen LogP contribution in [0.5, 0.6) is 0 Å². The molecule has 1 unspecified atom stereocenters. The Labute approximate surface area is 150 Å². The van der Waals surface area contributed by atoms with Gasteiger partial charge < -0.3 is 20.2 Å². The molecule has 1 atom stereocenters. The first-order valence-corrected chi connectivity index (χ1v) is 10.2. The van der Waals surface area contributed by atoms with Crippen LogP contribution in [0.25, 0.3) is 0 Å². The number of hydrogen-bond donors (Lipinski definition) is 4. The van der Waals surface area contributed by atoms with Crippen molar-refractivity contribution in [2.24, 2.45) is 4.99 Å². The Hall–Kier alpha value is -1.58. The second-order valence-corrected chi connectivity index (χ2v) is 8.08. The molecule has 144 valence electrons. The first-order valence-electron chi connectivity index (χ1n) is 8.32. The van der Waals surface area contributed by atoms with Crippen molar-refractivity contribution in [1.29, 1.82) is 0 Å². The van der Waals surface area contributed by atoms with Gasteiger partial charge in [0.2, 0.25) is 10.0 Å². The quantitative estimate of drug-likeness (QED) is 0.286. The molecular weight excluding hydrogens is 344 g/mol. The average Bonchev–Trinajstić information content (AvgIpc) is 2.83. The van der Waals surface area contributed by atoms with Crippen LogP contribution in [0.2, 0.25) is 0 Å². The van der Waals surface area contributed by atoms with Crippen LogP contribution in [0.15, 0.2) is 15.5 Å². The van der Waals surface area contributed by atoms with Crippen molar-refractivity contribution in [2.45, 2.75) is 39.7 Å². The molecule has 1 aromatic heterocycles. The van der Waals surface area contributed by atoms with Crippen molar-refractivity contribution in [3.05, 3.63) is 23.2 Å². The van der Waals surface area contributed by atoms with Crippen molar-refractivity contribution in [1.82, 2.24) is 15.4 Å². The zero-order valence-electron chi connectivity index (χ0n) is 15.6. The second-order valence-electron chi connectivity index (χ2n) is 6.24. The number of nitrogens with zero attached hydrogens (tertiary/aromatic N) is 1. The first-order chi connectivity index (χ1) is 11.5. The molecule has 0 saturated heterocycles. The number of furan rings is 1. The van der Waals surface area contributed by atoms with Gasteiger partial charge in [-0.1, -0.05) is 0 Å². The summed E-state index contributed by atoms with van der Waals surface area (Å²) in [5.41, 5.74) is -0.413. The Morgan fingerprint density at radius 3 is 2.52 bits per heavy atom. The summed E-state index contributed by atoms with van der Waals surface area (Å²) in [6, 6.07) is 1.82. The Morgan fingerprint density at radius 2 is 2.00 bits per heavy atom. The molecule has 0 radical (unpaired) electrons. The number of aryl methyl sites for hydroxylation is 2. The first kappa shape index (κ1) is 21.5. The van der Waals surface area contributed by atoms with E-state index in [1.54, 1.807) is 6.92 Å². The zero-order chi connectivity index (χ0) is 19.1. The van der Waals surface area contributed by atoms with Gasteiger partial charge in [0.25, 0.3) is 0 Å². The van der Waals surface area contributed by atoms with E-state index in [-0.39, 0.29) is 6.54 Å². The number of aliphatic imine (C=N–C) groups is 1. The van der Waals surface area contributed by atoms with Crippen LogP contribution in [0.1, 0.15) is 37.4 Å². The smallest absolute Gasteiger partial charge is 0.208 e. The maximum Gasteiger partial charge on any atom is 0.208 e. The summed E-state index contributed by atoms with van der Waals surface area (Å²) < 4.78 is 29.9. The normalized spacial score (nSPS) is 15.0. The monoisotopic (exact) mass is 374 g/mol. The van der Waals surface area contributed by atoms with Gasteiger partial charge in [-0.25, -0.2) is 18.1 Å². The van der Waals surface area contributed by atoms with E-state index < -0.39 is 15.6 Å². The van der Waals surface area contributed by atoms with Crippen molar-refractivity contribution < 1.29 is 17.9 Å². The molecule has 25 heavy (non-hydrogen) atoms. The van der Waals surface area contributed by atoms with Gasteiger partial charge in [-0.3, -0.25) is 0 Å². The minimum atomic E-state index is -3.16. The number of nitrogens with one attached hydrogen (secondary N) is 3. The number of aliphatic hydroxyl groups is 1. The van der Waals surface area contributed by atoms with Crippen LogP contribution in [0.4, 0.5) is 0 Å². The van der Waals surface area contributed by atoms with E-state index in [0.29, 0.717) is 37.8 Å². The van der Waals surface area contributed by atoms with E-state index in [1.807, 2.05) is 26.8 Å². The minimum absolute atomic E-state index is 0.170. The molecule has 8 nitrogen and oxygen atoms in total. The van der Waals surface area contributed by atoms with E-state index in [1.165, 1.54) is 0 Å². The summed E-state index contributed by atoms with van der Waals surface area (Å²) in [5, 5.41) is 16.9. The molecule has 0 aliphatic rings. The lowest BCUT2D eigenvalue weighted by Gasteiger charge is -2.21. The Bertz CT molecular complexity index is 680. The van der Waals surface area contributed by atoms with Crippen LogP contribution in [-0.4, -0.2) is 51.9 Å². The van der Waals surface area contributed by atoms with Crippen LogP contribution in [0, 0.1) is 13.8 Å². The molecule has 0 aromatic carbocycles. The molecule has 0 spiro atoms. The highest BCUT2D eigenvalue weighted by atomic mass is 32.2. The van der Waals surface area contributed by atoms with Gasteiger partial charge in [0, 0.05) is 25.2 Å². The fourth-order valence-corrected chi connectivity index (χ4v) is 2.89. The maximum atomic E-state index is 11.0. The van der Waals surface area contributed by atoms with Crippen LogP contribution >= 0.6 is 0 Å². The van der Waals surface area contributed by atoms with Crippen molar-refractivity contribution >= 4 is 16.0 Å². The lowest BCUT2D eigenvalue weighted by atomic mass is 9.96. The average molecular weight is 375 g/mol. The lowest BCUT2D eigenvalue weighted by Crippen LogP contribution is -2.40. The highest BCUT2D eigenvalue weighted by Crippen LogP contribution is 2.27. The fourth-order valence-electron chi connectivity index (χ4n) is 2.38.